The van der Waals surface area contributed by atoms with Crippen LogP contribution in [0.15, 0.2) is 0 Å². The molecule has 3 rings (SSSR count). The summed E-state index contributed by atoms with van der Waals surface area (Å²) in [7, 11) is 0. The fourth-order valence-corrected chi connectivity index (χ4v) is 5.66. The highest BCUT2D eigenvalue weighted by Gasteiger charge is 2.74. The van der Waals surface area contributed by atoms with Crippen LogP contribution in [0.5, 0.6) is 0 Å². The normalized spacial score (nSPS) is 53.7. The van der Waals surface area contributed by atoms with E-state index in [4.69, 9.17) is 0 Å². The average molecular weight is 220 g/mol. The van der Waals surface area contributed by atoms with Crippen LogP contribution in [0.4, 0.5) is 0 Å². The van der Waals surface area contributed by atoms with Gasteiger partial charge in [-0.2, -0.15) is 0 Å². The Labute approximate surface area is 99.0 Å². The summed E-state index contributed by atoms with van der Waals surface area (Å²) < 4.78 is 0. The van der Waals surface area contributed by atoms with Crippen LogP contribution in [0.25, 0.3) is 0 Å². The van der Waals surface area contributed by atoms with Crippen molar-refractivity contribution >= 4 is 6.29 Å². The molecule has 0 aromatic carbocycles. The van der Waals surface area contributed by atoms with Crippen LogP contribution >= 0.6 is 0 Å². The van der Waals surface area contributed by atoms with E-state index in [-0.39, 0.29) is 0 Å². The third-order valence-corrected chi connectivity index (χ3v) is 6.55. The van der Waals surface area contributed by atoms with Crippen LogP contribution in [0.3, 0.4) is 0 Å². The van der Waals surface area contributed by atoms with E-state index < -0.39 is 0 Å². The first kappa shape index (κ1) is 10.8. The van der Waals surface area contributed by atoms with Crippen molar-refractivity contribution in [2.24, 2.45) is 28.1 Å². The Kier molecular flexibility index (Phi) is 1.97. The van der Waals surface area contributed by atoms with Gasteiger partial charge in [0.1, 0.15) is 6.29 Å². The number of rotatable bonds is 1. The Morgan fingerprint density at radius 3 is 2.56 bits per heavy atom. The smallest absolute Gasteiger partial charge is 0.123 e. The van der Waals surface area contributed by atoms with Crippen molar-refractivity contribution in [1.29, 1.82) is 0 Å². The van der Waals surface area contributed by atoms with Crippen LogP contribution in [-0.4, -0.2) is 6.29 Å². The predicted molar refractivity (Wildman–Crippen MR) is 65.1 cm³/mol. The van der Waals surface area contributed by atoms with Gasteiger partial charge in [0.05, 0.1) is 0 Å². The van der Waals surface area contributed by atoms with Crippen molar-refractivity contribution in [1.82, 2.24) is 0 Å². The van der Waals surface area contributed by atoms with Gasteiger partial charge in [0.15, 0.2) is 0 Å². The van der Waals surface area contributed by atoms with E-state index in [9.17, 15) is 4.79 Å². The Hall–Kier alpha value is -0.330. The van der Waals surface area contributed by atoms with Crippen LogP contribution in [0, 0.1) is 28.1 Å². The lowest BCUT2D eigenvalue weighted by atomic mass is 9.49. The van der Waals surface area contributed by atoms with Crippen LogP contribution in [0.2, 0.25) is 0 Å². The molecule has 0 N–H and O–H groups in total. The molecular weight excluding hydrogens is 196 g/mol. The van der Waals surface area contributed by atoms with E-state index in [1.807, 2.05) is 0 Å². The van der Waals surface area contributed by atoms with Gasteiger partial charge in [0, 0.05) is 5.92 Å². The first-order valence-electron chi connectivity index (χ1n) is 6.92. The molecule has 3 fully saturated rings. The summed E-state index contributed by atoms with van der Waals surface area (Å²) in [5, 5.41) is 0. The highest BCUT2D eigenvalue weighted by atomic mass is 16.1. The van der Waals surface area contributed by atoms with Gasteiger partial charge in [-0.15, -0.1) is 0 Å². The van der Waals surface area contributed by atoms with Gasteiger partial charge >= 0.3 is 0 Å². The van der Waals surface area contributed by atoms with Crippen molar-refractivity contribution in [2.45, 2.75) is 59.3 Å². The molecule has 3 aliphatic carbocycles. The fraction of sp³-hybridized carbons (Fsp3) is 0.933. The Morgan fingerprint density at radius 2 is 1.88 bits per heavy atom. The Balaban J connectivity index is 2.01. The van der Waals surface area contributed by atoms with E-state index in [1.165, 1.54) is 38.4 Å². The molecule has 0 radical (unpaired) electrons. The minimum atomic E-state index is 0.380. The second-order valence-electron chi connectivity index (χ2n) is 7.42. The highest BCUT2D eigenvalue weighted by molar-refractivity contribution is 5.56. The van der Waals surface area contributed by atoms with Gasteiger partial charge < -0.3 is 4.79 Å². The van der Waals surface area contributed by atoms with E-state index in [1.54, 1.807) is 0 Å². The SMILES string of the molecule is CC1(C)CCC[C@@]2(C)CCC(C=O)[C@@H]3C[C@]312. The van der Waals surface area contributed by atoms with Gasteiger partial charge in [-0.25, -0.2) is 0 Å². The lowest BCUT2D eigenvalue weighted by molar-refractivity contribution is -0.118. The highest BCUT2D eigenvalue weighted by Crippen LogP contribution is 2.81. The molecule has 1 nitrogen and oxygen atoms in total. The zero-order valence-corrected chi connectivity index (χ0v) is 10.9. The molecule has 1 heteroatoms. The van der Waals surface area contributed by atoms with Crippen molar-refractivity contribution in [2.75, 3.05) is 0 Å². The van der Waals surface area contributed by atoms with E-state index >= 15 is 0 Å². The average Bonchev–Trinajstić information content (AvgIpc) is 2.94. The topological polar surface area (TPSA) is 17.1 Å². The van der Waals surface area contributed by atoms with E-state index in [0.717, 1.165) is 12.3 Å². The van der Waals surface area contributed by atoms with Crippen molar-refractivity contribution < 1.29 is 4.79 Å². The lowest BCUT2D eigenvalue weighted by Crippen LogP contribution is -2.48. The summed E-state index contributed by atoms with van der Waals surface area (Å²) in [4.78, 5) is 11.2. The summed E-state index contributed by atoms with van der Waals surface area (Å²) in [6, 6.07) is 0. The van der Waals surface area contributed by atoms with Crippen LogP contribution < -0.4 is 0 Å². The van der Waals surface area contributed by atoms with Crippen molar-refractivity contribution in [3.05, 3.63) is 0 Å². The van der Waals surface area contributed by atoms with Gasteiger partial charge in [0.25, 0.3) is 0 Å². The van der Waals surface area contributed by atoms with Crippen molar-refractivity contribution in [3.63, 3.8) is 0 Å². The van der Waals surface area contributed by atoms with Crippen molar-refractivity contribution in [3.8, 4) is 0 Å². The molecule has 1 spiro atoms. The van der Waals surface area contributed by atoms with Gasteiger partial charge in [-0.1, -0.05) is 27.2 Å². The molecule has 0 amide bonds. The first-order valence-corrected chi connectivity index (χ1v) is 6.92. The zero-order valence-electron chi connectivity index (χ0n) is 10.9. The molecule has 3 aliphatic rings. The number of hydrogen-bond donors (Lipinski definition) is 0. The van der Waals surface area contributed by atoms with Crippen LogP contribution in [0.1, 0.15) is 59.3 Å². The molecule has 0 aromatic heterocycles. The maximum absolute atomic E-state index is 11.2. The number of carbonyl (C=O) groups excluding carboxylic acids is 1. The largest absolute Gasteiger partial charge is 0.303 e. The molecular formula is C15H24O. The zero-order chi connectivity index (χ0) is 11.6. The minimum absolute atomic E-state index is 0.380. The standard InChI is InChI=1S/C15H24O/c1-13(2)6-4-7-14(3)8-5-11(10-16)12-9-15(12,13)14/h10-12H,4-9H2,1-3H3/t11?,12-,14-,15-/m0/s1. The Morgan fingerprint density at radius 1 is 1.12 bits per heavy atom. The fourth-order valence-electron chi connectivity index (χ4n) is 5.66. The van der Waals surface area contributed by atoms with Gasteiger partial charge in [0.2, 0.25) is 0 Å². The summed E-state index contributed by atoms with van der Waals surface area (Å²) in [6.07, 6.45) is 9.19. The third kappa shape index (κ3) is 1.01. The quantitative estimate of drug-likeness (QED) is 0.614. The summed E-state index contributed by atoms with van der Waals surface area (Å²) in [5.41, 5.74) is 1.52. The predicted octanol–water partition coefficient (Wildman–Crippen LogP) is 3.82. The molecule has 90 valence electrons. The molecule has 0 aromatic rings. The number of aldehydes is 1. The molecule has 0 aliphatic heterocycles. The number of carbonyl (C=O) groups is 1. The molecule has 3 saturated carbocycles. The summed E-state index contributed by atoms with van der Waals surface area (Å²) in [5.74, 6) is 1.10. The molecule has 0 bridgehead atoms. The molecule has 4 atom stereocenters. The maximum atomic E-state index is 11.2. The number of hydrogen-bond acceptors (Lipinski definition) is 1. The van der Waals surface area contributed by atoms with E-state index in [0.29, 0.717) is 22.2 Å². The summed E-state index contributed by atoms with van der Waals surface area (Å²) in [6.45, 7) is 7.42. The van der Waals surface area contributed by atoms with Crippen LogP contribution in [-0.2, 0) is 4.79 Å². The second kappa shape index (κ2) is 2.91. The molecule has 1 unspecified atom stereocenters. The second-order valence-corrected chi connectivity index (χ2v) is 7.42. The molecule has 0 heterocycles. The molecule has 16 heavy (non-hydrogen) atoms. The van der Waals surface area contributed by atoms with Gasteiger partial charge in [-0.05, 0) is 54.3 Å². The van der Waals surface area contributed by atoms with Gasteiger partial charge in [-0.3, -0.25) is 0 Å². The monoisotopic (exact) mass is 220 g/mol. The third-order valence-electron chi connectivity index (χ3n) is 6.55. The first-order chi connectivity index (χ1) is 7.47. The van der Waals surface area contributed by atoms with E-state index in [2.05, 4.69) is 20.8 Å². The Bertz CT molecular complexity index is 332. The minimum Gasteiger partial charge on any atom is -0.303 e. The molecule has 0 saturated heterocycles. The lowest BCUT2D eigenvalue weighted by Gasteiger charge is -2.56. The summed E-state index contributed by atoms with van der Waals surface area (Å²) >= 11 is 0. The maximum Gasteiger partial charge on any atom is 0.123 e.